The van der Waals surface area contributed by atoms with Crippen molar-refractivity contribution in [3.63, 3.8) is 0 Å². The zero-order chi connectivity index (χ0) is 5.28. The van der Waals surface area contributed by atoms with Gasteiger partial charge in [0.05, 0.1) is 6.10 Å². The Balaban J connectivity index is 2.16. The molecule has 0 aromatic carbocycles. The van der Waals surface area contributed by atoms with Gasteiger partial charge in [0.2, 0.25) is 0 Å². The van der Waals surface area contributed by atoms with Crippen LogP contribution in [0.5, 0.6) is 0 Å². The summed E-state index contributed by atoms with van der Waals surface area (Å²) < 4.78 is 4.97. The molecule has 0 saturated heterocycles. The van der Waals surface area contributed by atoms with E-state index in [1.54, 1.807) is 7.11 Å². The average Bonchev–Trinajstić information content (AvgIpc) is 1.65. The largest absolute Gasteiger partial charge is 0.380 e. The van der Waals surface area contributed by atoms with Crippen LogP contribution in [0.15, 0.2) is 0 Å². The van der Waals surface area contributed by atoms with Gasteiger partial charge in [0.1, 0.15) is 0 Å². The fourth-order valence-corrected chi connectivity index (χ4v) is 0.788. The van der Waals surface area contributed by atoms with Gasteiger partial charge in [0, 0.05) is 13.2 Å². The maximum Gasteiger partial charge on any atom is 0.0722 e. The molecule has 0 amide bonds. The molecule has 0 aromatic rings. The normalized spacial score (nSPS) is 40.3. The number of hydrogen-bond acceptors (Lipinski definition) is 2. The molecule has 2 atom stereocenters. The Kier molecular flexibility index (Phi) is 1.30. The lowest BCUT2D eigenvalue weighted by Crippen LogP contribution is -2.45. The minimum atomic E-state index is 0.324. The number of rotatable bonds is 1. The average molecular weight is 101 g/mol. The molecule has 1 saturated carbocycles. The quantitative estimate of drug-likeness (QED) is 0.509. The third-order valence-electron chi connectivity index (χ3n) is 1.56. The van der Waals surface area contributed by atoms with E-state index in [9.17, 15) is 0 Å². The Bertz CT molecular complexity index is 63.1. The van der Waals surface area contributed by atoms with E-state index in [2.05, 4.69) is 0 Å². The topological polar surface area (TPSA) is 35.2 Å². The van der Waals surface area contributed by atoms with Crippen LogP contribution >= 0.6 is 0 Å². The van der Waals surface area contributed by atoms with Crippen molar-refractivity contribution in [3.8, 4) is 0 Å². The van der Waals surface area contributed by atoms with E-state index in [4.69, 9.17) is 10.5 Å². The zero-order valence-electron chi connectivity index (χ0n) is 4.55. The molecule has 0 spiro atoms. The first kappa shape index (κ1) is 5.06. The molecule has 2 heteroatoms. The van der Waals surface area contributed by atoms with Crippen LogP contribution in [-0.4, -0.2) is 19.3 Å². The third-order valence-corrected chi connectivity index (χ3v) is 1.56. The molecule has 2 nitrogen and oxygen atoms in total. The fraction of sp³-hybridized carbons (Fsp3) is 1.00. The van der Waals surface area contributed by atoms with Crippen LogP contribution in [0, 0.1) is 0 Å². The summed E-state index contributed by atoms with van der Waals surface area (Å²) in [6.45, 7) is 0. The second kappa shape index (κ2) is 1.80. The van der Waals surface area contributed by atoms with E-state index in [1.807, 2.05) is 0 Å². The van der Waals surface area contributed by atoms with Crippen molar-refractivity contribution in [1.29, 1.82) is 0 Å². The Morgan fingerprint density at radius 3 is 2.29 bits per heavy atom. The molecular formula is C5H11NO. The zero-order valence-corrected chi connectivity index (χ0v) is 4.55. The molecule has 0 heterocycles. The van der Waals surface area contributed by atoms with Crippen molar-refractivity contribution in [3.05, 3.63) is 0 Å². The summed E-state index contributed by atoms with van der Waals surface area (Å²) in [6.07, 6.45) is 2.65. The van der Waals surface area contributed by atoms with Gasteiger partial charge in [-0.25, -0.2) is 0 Å². The fourth-order valence-electron chi connectivity index (χ4n) is 0.788. The van der Waals surface area contributed by atoms with E-state index < -0.39 is 0 Å². The van der Waals surface area contributed by atoms with Crippen molar-refractivity contribution in [1.82, 2.24) is 0 Å². The van der Waals surface area contributed by atoms with Crippen molar-refractivity contribution < 1.29 is 4.74 Å². The van der Waals surface area contributed by atoms with E-state index in [1.165, 1.54) is 0 Å². The van der Waals surface area contributed by atoms with Crippen LogP contribution in [0.4, 0.5) is 0 Å². The predicted octanol–water partition coefficient (Wildman–Crippen LogP) is 0.123. The number of ether oxygens (including phenoxy) is 1. The van der Waals surface area contributed by atoms with Crippen molar-refractivity contribution in [2.45, 2.75) is 25.0 Å². The van der Waals surface area contributed by atoms with Gasteiger partial charge in [-0.1, -0.05) is 0 Å². The monoisotopic (exact) mass is 101 g/mol. The summed E-state index contributed by atoms with van der Waals surface area (Å²) in [7, 11) is 1.71. The maximum atomic E-state index is 5.51. The standard InChI is InChI=1S/C5H11NO/c1-7-5-3-2-4(5)6/h4-5H,2-3,6H2,1H3/t4-,5-/m0/s1. The van der Waals surface area contributed by atoms with E-state index in [0.717, 1.165) is 12.8 Å². The molecule has 0 unspecified atom stereocenters. The van der Waals surface area contributed by atoms with Crippen molar-refractivity contribution >= 4 is 0 Å². The molecule has 1 aliphatic rings. The summed E-state index contributed by atoms with van der Waals surface area (Å²) in [5.74, 6) is 0. The minimum Gasteiger partial charge on any atom is -0.380 e. The first-order chi connectivity index (χ1) is 3.34. The van der Waals surface area contributed by atoms with E-state index in [0.29, 0.717) is 12.1 Å². The molecule has 0 aromatic heterocycles. The van der Waals surface area contributed by atoms with Gasteiger partial charge in [0.25, 0.3) is 0 Å². The van der Waals surface area contributed by atoms with Crippen LogP contribution in [-0.2, 0) is 4.74 Å². The van der Waals surface area contributed by atoms with Crippen molar-refractivity contribution in [2.75, 3.05) is 7.11 Å². The molecule has 1 rings (SSSR count). The van der Waals surface area contributed by atoms with Gasteiger partial charge >= 0.3 is 0 Å². The van der Waals surface area contributed by atoms with Gasteiger partial charge in [-0.2, -0.15) is 0 Å². The molecule has 0 bridgehead atoms. The highest BCUT2D eigenvalue weighted by Gasteiger charge is 2.26. The first-order valence-electron chi connectivity index (χ1n) is 2.63. The summed E-state index contributed by atoms with van der Waals surface area (Å²) in [5, 5.41) is 0. The highest BCUT2D eigenvalue weighted by Crippen LogP contribution is 2.19. The lowest BCUT2D eigenvalue weighted by Gasteiger charge is -2.31. The third kappa shape index (κ3) is 0.763. The second-order valence-electron chi connectivity index (χ2n) is 2.02. The number of methoxy groups -OCH3 is 1. The number of hydrogen-bond donors (Lipinski definition) is 1. The predicted molar refractivity (Wildman–Crippen MR) is 28.0 cm³/mol. The summed E-state index contributed by atoms with van der Waals surface area (Å²) in [4.78, 5) is 0. The van der Waals surface area contributed by atoms with Crippen LogP contribution in [0.2, 0.25) is 0 Å². The van der Waals surface area contributed by atoms with Crippen molar-refractivity contribution in [2.24, 2.45) is 5.73 Å². The van der Waals surface area contributed by atoms with E-state index in [-0.39, 0.29) is 0 Å². The molecule has 7 heavy (non-hydrogen) atoms. The smallest absolute Gasteiger partial charge is 0.0722 e. The summed E-state index contributed by atoms with van der Waals surface area (Å²) in [6, 6.07) is 0.324. The van der Waals surface area contributed by atoms with Gasteiger partial charge in [-0.05, 0) is 12.8 Å². The van der Waals surface area contributed by atoms with E-state index >= 15 is 0 Å². The Morgan fingerprint density at radius 1 is 1.57 bits per heavy atom. The molecule has 42 valence electrons. The highest BCUT2D eigenvalue weighted by atomic mass is 16.5. The van der Waals surface area contributed by atoms with Gasteiger partial charge in [-0.15, -0.1) is 0 Å². The molecular weight excluding hydrogens is 90.1 g/mol. The Labute approximate surface area is 43.6 Å². The molecule has 0 aliphatic heterocycles. The first-order valence-corrected chi connectivity index (χ1v) is 2.63. The van der Waals surface area contributed by atoms with Crippen LogP contribution < -0.4 is 5.73 Å². The Hall–Kier alpha value is -0.0800. The molecule has 0 radical (unpaired) electrons. The Morgan fingerprint density at radius 2 is 2.29 bits per heavy atom. The van der Waals surface area contributed by atoms with Gasteiger partial charge in [-0.3, -0.25) is 0 Å². The molecule has 1 aliphatic carbocycles. The van der Waals surface area contributed by atoms with Gasteiger partial charge in [0.15, 0.2) is 0 Å². The second-order valence-corrected chi connectivity index (χ2v) is 2.02. The summed E-state index contributed by atoms with van der Waals surface area (Å²) in [5.41, 5.74) is 5.51. The molecule has 1 fully saturated rings. The number of nitrogens with two attached hydrogens (primary N) is 1. The van der Waals surface area contributed by atoms with Crippen LogP contribution in [0.3, 0.4) is 0 Å². The lowest BCUT2D eigenvalue weighted by atomic mass is 9.90. The van der Waals surface area contributed by atoms with Gasteiger partial charge < -0.3 is 10.5 Å². The van der Waals surface area contributed by atoms with Crippen LogP contribution in [0.1, 0.15) is 12.8 Å². The maximum absolute atomic E-state index is 5.51. The van der Waals surface area contributed by atoms with Crippen LogP contribution in [0.25, 0.3) is 0 Å². The highest BCUT2D eigenvalue weighted by molar-refractivity contribution is 4.83. The lowest BCUT2D eigenvalue weighted by molar-refractivity contribution is 0.0213. The SMILES string of the molecule is CO[C@H]1CC[C@@H]1N. The summed E-state index contributed by atoms with van der Waals surface area (Å²) >= 11 is 0. The minimum absolute atomic E-state index is 0.324. The molecule has 2 N–H and O–H groups in total.